The predicted octanol–water partition coefficient (Wildman–Crippen LogP) is 3.34. The average Bonchev–Trinajstić information content (AvgIpc) is 3.00. The number of rotatable bonds is 3. The van der Waals surface area contributed by atoms with Crippen LogP contribution in [0.15, 0.2) is 41.4 Å². The van der Waals surface area contributed by atoms with Gasteiger partial charge in [0.2, 0.25) is 5.91 Å². The third-order valence-electron chi connectivity index (χ3n) is 3.64. The van der Waals surface area contributed by atoms with Crippen LogP contribution < -0.4 is 0 Å². The van der Waals surface area contributed by atoms with Crippen molar-refractivity contribution >= 4 is 28.6 Å². The number of fused-ring (bicyclic) bond motifs is 1. The van der Waals surface area contributed by atoms with Gasteiger partial charge in [-0.2, -0.15) is 0 Å². The third kappa shape index (κ3) is 2.80. The largest absolute Gasteiger partial charge is 0.342 e. The quantitative estimate of drug-likeness (QED) is 0.811. The summed E-state index contributed by atoms with van der Waals surface area (Å²) in [7, 11) is 0. The fourth-order valence-corrected chi connectivity index (χ4v) is 3.45. The Kier molecular flexibility index (Phi) is 3.92. The maximum atomic E-state index is 12.3. The van der Waals surface area contributed by atoms with Gasteiger partial charge in [0.05, 0.1) is 15.8 Å². The number of hydrogen-bond acceptors (Lipinski definition) is 3. The Hall–Kier alpha value is -1.55. The normalized spacial score (nSPS) is 16.6. The highest BCUT2D eigenvalue weighted by Crippen LogP contribution is 2.25. The van der Waals surface area contributed by atoms with Crippen molar-refractivity contribution in [2.45, 2.75) is 30.0 Å². The van der Waals surface area contributed by atoms with Crippen LogP contribution in [0, 0.1) is 0 Å². The number of likely N-dealkylation sites (tertiary alicyclic amines) is 1. The van der Waals surface area contributed by atoms with E-state index in [4.69, 9.17) is 0 Å². The zero-order chi connectivity index (χ0) is 13.9. The van der Waals surface area contributed by atoms with E-state index in [1.54, 1.807) is 11.8 Å². The summed E-state index contributed by atoms with van der Waals surface area (Å²) in [6.07, 6.45) is 2.27. The molecule has 1 aliphatic rings. The van der Waals surface area contributed by atoms with Crippen LogP contribution in [-0.4, -0.2) is 34.1 Å². The van der Waals surface area contributed by atoms with Gasteiger partial charge in [0, 0.05) is 18.5 Å². The molecule has 1 fully saturated rings. The van der Waals surface area contributed by atoms with Crippen molar-refractivity contribution in [1.82, 2.24) is 9.88 Å². The van der Waals surface area contributed by atoms with Crippen molar-refractivity contribution in [1.29, 1.82) is 0 Å². The maximum absolute atomic E-state index is 12.3. The lowest BCUT2D eigenvalue weighted by atomic mass is 10.2. The van der Waals surface area contributed by atoms with Crippen LogP contribution in [0.4, 0.5) is 0 Å². The molecule has 0 radical (unpaired) electrons. The molecule has 0 N–H and O–H groups in total. The first-order valence-electron chi connectivity index (χ1n) is 7.05. The van der Waals surface area contributed by atoms with Crippen molar-refractivity contribution in [3.8, 4) is 0 Å². The van der Waals surface area contributed by atoms with Gasteiger partial charge in [-0.15, -0.1) is 0 Å². The molecule has 2 aromatic rings. The second-order valence-electron chi connectivity index (χ2n) is 5.13. The number of aromatic nitrogens is 1. The summed E-state index contributed by atoms with van der Waals surface area (Å²) in [5.41, 5.74) is 0.985. The van der Waals surface area contributed by atoms with Gasteiger partial charge in [-0.1, -0.05) is 36.0 Å². The molecule has 1 saturated heterocycles. The molecule has 1 aromatic heterocycles. The number of nitrogens with zero attached hydrogens (tertiary/aromatic N) is 2. The number of carbonyl (C=O) groups is 1. The minimum Gasteiger partial charge on any atom is -0.342 e. The Balaban J connectivity index is 1.73. The van der Waals surface area contributed by atoms with Crippen molar-refractivity contribution in [2.24, 2.45) is 0 Å². The number of para-hydroxylation sites is 1. The van der Waals surface area contributed by atoms with Gasteiger partial charge in [0.25, 0.3) is 0 Å². The predicted molar refractivity (Wildman–Crippen MR) is 82.9 cm³/mol. The number of pyridine rings is 1. The highest BCUT2D eigenvalue weighted by molar-refractivity contribution is 8.00. The van der Waals surface area contributed by atoms with Crippen LogP contribution in [0.2, 0.25) is 0 Å². The molecule has 2 heterocycles. The monoisotopic (exact) mass is 286 g/mol. The van der Waals surface area contributed by atoms with Crippen LogP contribution in [0.5, 0.6) is 0 Å². The summed E-state index contributed by atoms with van der Waals surface area (Å²) in [5, 5.41) is 1.99. The Bertz CT molecular complexity index is 623. The van der Waals surface area contributed by atoms with Crippen LogP contribution in [0.3, 0.4) is 0 Å². The van der Waals surface area contributed by atoms with Gasteiger partial charge in [0.15, 0.2) is 0 Å². The standard InChI is InChI=1S/C16H18N2OS/c1-12(16(19)18-10-4-5-11-18)20-15-9-8-13-6-2-3-7-14(13)17-15/h2-3,6-9,12H,4-5,10-11H2,1H3. The van der Waals surface area contributed by atoms with E-state index in [1.807, 2.05) is 36.1 Å². The molecular formula is C16H18N2OS. The second kappa shape index (κ2) is 5.83. The van der Waals surface area contributed by atoms with Gasteiger partial charge in [-0.05, 0) is 31.9 Å². The summed E-state index contributed by atoms with van der Waals surface area (Å²) in [5.74, 6) is 0.238. The molecule has 0 saturated carbocycles. The molecular weight excluding hydrogens is 268 g/mol. The molecule has 0 aliphatic carbocycles. The summed E-state index contributed by atoms with van der Waals surface area (Å²) < 4.78 is 0. The third-order valence-corrected chi connectivity index (χ3v) is 4.66. The molecule has 3 nitrogen and oxygen atoms in total. The average molecular weight is 286 g/mol. The van der Waals surface area contributed by atoms with Crippen LogP contribution in [-0.2, 0) is 4.79 Å². The lowest BCUT2D eigenvalue weighted by molar-refractivity contribution is -0.129. The molecule has 1 aromatic carbocycles. The van der Waals surface area contributed by atoms with Gasteiger partial charge in [0.1, 0.15) is 0 Å². The van der Waals surface area contributed by atoms with Crippen molar-refractivity contribution < 1.29 is 4.79 Å². The number of thioether (sulfide) groups is 1. The summed E-state index contributed by atoms with van der Waals surface area (Å²) >= 11 is 1.55. The van der Waals surface area contributed by atoms with E-state index >= 15 is 0 Å². The lowest BCUT2D eigenvalue weighted by Gasteiger charge is -2.19. The molecule has 1 aliphatic heterocycles. The van der Waals surface area contributed by atoms with E-state index in [2.05, 4.69) is 17.1 Å². The van der Waals surface area contributed by atoms with E-state index in [9.17, 15) is 4.79 Å². The Morgan fingerprint density at radius 3 is 2.75 bits per heavy atom. The van der Waals surface area contributed by atoms with E-state index in [1.165, 1.54) is 0 Å². The van der Waals surface area contributed by atoms with E-state index in [-0.39, 0.29) is 11.2 Å². The molecule has 1 amide bonds. The Morgan fingerprint density at radius 2 is 1.95 bits per heavy atom. The molecule has 20 heavy (non-hydrogen) atoms. The van der Waals surface area contributed by atoms with Crippen molar-refractivity contribution in [3.05, 3.63) is 36.4 Å². The van der Waals surface area contributed by atoms with Crippen molar-refractivity contribution in [3.63, 3.8) is 0 Å². The van der Waals surface area contributed by atoms with E-state index in [0.717, 1.165) is 41.9 Å². The minimum atomic E-state index is -0.0678. The molecule has 1 unspecified atom stereocenters. The van der Waals surface area contributed by atoms with Gasteiger partial charge in [-0.3, -0.25) is 4.79 Å². The highest BCUT2D eigenvalue weighted by Gasteiger charge is 2.24. The number of benzene rings is 1. The SMILES string of the molecule is CC(Sc1ccc2ccccc2n1)C(=O)N1CCCC1. The summed E-state index contributed by atoms with van der Waals surface area (Å²) in [6, 6.07) is 12.1. The van der Waals surface area contributed by atoms with Crippen LogP contribution >= 0.6 is 11.8 Å². The van der Waals surface area contributed by atoms with Crippen molar-refractivity contribution in [2.75, 3.05) is 13.1 Å². The number of carbonyl (C=O) groups excluding carboxylic acids is 1. The second-order valence-corrected chi connectivity index (χ2v) is 6.50. The van der Waals surface area contributed by atoms with Gasteiger partial charge < -0.3 is 4.90 Å². The summed E-state index contributed by atoms with van der Waals surface area (Å²) in [6.45, 7) is 3.80. The molecule has 104 valence electrons. The smallest absolute Gasteiger partial charge is 0.235 e. The van der Waals surface area contributed by atoms with Gasteiger partial charge in [-0.25, -0.2) is 4.98 Å². The van der Waals surface area contributed by atoms with E-state index < -0.39 is 0 Å². The zero-order valence-electron chi connectivity index (χ0n) is 11.6. The fourth-order valence-electron chi connectivity index (χ4n) is 2.54. The van der Waals surface area contributed by atoms with Gasteiger partial charge >= 0.3 is 0 Å². The first kappa shape index (κ1) is 13.4. The Morgan fingerprint density at radius 1 is 1.20 bits per heavy atom. The lowest BCUT2D eigenvalue weighted by Crippen LogP contribution is -2.34. The first-order valence-corrected chi connectivity index (χ1v) is 7.93. The van der Waals surface area contributed by atoms with E-state index in [0.29, 0.717) is 0 Å². The molecule has 3 rings (SSSR count). The molecule has 0 spiro atoms. The number of hydrogen-bond donors (Lipinski definition) is 0. The summed E-state index contributed by atoms with van der Waals surface area (Å²) in [4.78, 5) is 18.9. The molecule has 4 heteroatoms. The first-order chi connectivity index (χ1) is 9.74. The van der Waals surface area contributed by atoms with Crippen LogP contribution in [0.1, 0.15) is 19.8 Å². The molecule has 1 atom stereocenters. The Labute approximate surface area is 123 Å². The minimum absolute atomic E-state index is 0.0678. The number of amides is 1. The molecule has 0 bridgehead atoms. The fraction of sp³-hybridized carbons (Fsp3) is 0.375. The zero-order valence-corrected chi connectivity index (χ0v) is 12.4. The highest BCUT2D eigenvalue weighted by atomic mass is 32.2. The van der Waals surface area contributed by atoms with Crippen LogP contribution in [0.25, 0.3) is 10.9 Å². The topological polar surface area (TPSA) is 33.2 Å². The maximum Gasteiger partial charge on any atom is 0.235 e.